The van der Waals surface area contributed by atoms with Crippen LogP contribution in [-0.4, -0.2) is 10.1 Å². The van der Waals surface area contributed by atoms with Crippen LogP contribution in [0.3, 0.4) is 0 Å². The Morgan fingerprint density at radius 2 is 1.82 bits per heavy atom. The Hall–Kier alpha value is -2.11. The van der Waals surface area contributed by atoms with E-state index in [-0.39, 0.29) is 6.42 Å². The lowest BCUT2D eigenvalue weighted by Crippen LogP contribution is -2.27. The van der Waals surface area contributed by atoms with Crippen molar-refractivity contribution in [3.05, 3.63) is 66.0 Å². The van der Waals surface area contributed by atoms with Crippen molar-refractivity contribution >= 4 is 0 Å². The molecule has 84 valence electrons. The molecule has 0 fully saturated rings. The predicted octanol–water partition coefficient (Wildman–Crippen LogP) is 2.34. The van der Waals surface area contributed by atoms with Gasteiger partial charge in [0.2, 0.25) is 0 Å². The van der Waals surface area contributed by atoms with E-state index >= 15 is 0 Å². The first-order valence-corrected chi connectivity index (χ1v) is 5.40. The van der Waals surface area contributed by atoms with Crippen molar-refractivity contribution in [1.82, 2.24) is 4.98 Å². The lowest BCUT2D eigenvalue weighted by atomic mass is 9.87. The van der Waals surface area contributed by atoms with Gasteiger partial charge in [0, 0.05) is 12.6 Å². The molecule has 2 aromatic rings. The molecule has 2 rings (SSSR count). The van der Waals surface area contributed by atoms with Crippen LogP contribution >= 0.6 is 0 Å². The van der Waals surface area contributed by atoms with Gasteiger partial charge < -0.3 is 5.11 Å². The monoisotopic (exact) mass is 223 g/mol. The molecule has 0 aliphatic carbocycles. The number of aromatic nitrogens is 1. The van der Waals surface area contributed by atoms with Crippen LogP contribution in [0.25, 0.3) is 0 Å². The van der Waals surface area contributed by atoms with Gasteiger partial charge in [-0.15, -0.1) is 12.3 Å². The van der Waals surface area contributed by atoms with E-state index in [9.17, 15) is 5.11 Å². The number of hydrogen-bond acceptors (Lipinski definition) is 2. The average molecular weight is 223 g/mol. The smallest absolute Gasteiger partial charge is 0.142 e. The maximum atomic E-state index is 10.7. The number of aliphatic hydroxyl groups is 1. The second-order valence-electron chi connectivity index (χ2n) is 3.82. The Morgan fingerprint density at radius 3 is 2.41 bits per heavy atom. The zero-order chi connectivity index (χ0) is 12.1. The highest BCUT2D eigenvalue weighted by molar-refractivity contribution is 5.33. The molecule has 0 spiro atoms. The van der Waals surface area contributed by atoms with E-state index in [2.05, 4.69) is 10.9 Å². The summed E-state index contributed by atoms with van der Waals surface area (Å²) in [4.78, 5) is 4.20. The highest BCUT2D eigenvalue weighted by Gasteiger charge is 2.31. The number of rotatable bonds is 3. The topological polar surface area (TPSA) is 33.1 Å². The summed E-state index contributed by atoms with van der Waals surface area (Å²) in [5.41, 5.74) is 0.123. The molecule has 0 saturated heterocycles. The van der Waals surface area contributed by atoms with Gasteiger partial charge >= 0.3 is 0 Å². The van der Waals surface area contributed by atoms with E-state index in [0.29, 0.717) is 5.69 Å². The average Bonchev–Trinajstić information content (AvgIpc) is 2.41. The Bertz CT molecular complexity index is 474. The Balaban J connectivity index is 2.52. The first kappa shape index (κ1) is 11.4. The van der Waals surface area contributed by atoms with Crippen molar-refractivity contribution in [2.45, 2.75) is 12.0 Å². The summed E-state index contributed by atoms with van der Waals surface area (Å²) in [7, 11) is 0. The van der Waals surface area contributed by atoms with Crippen LogP contribution in [0.2, 0.25) is 0 Å². The molecule has 0 bridgehead atoms. The van der Waals surface area contributed by atoms with Gasteiger partial charge in [-0.25, -0.2) is 0 Å². The summed E-state index contributed by atoms with van der Waals surface area (Å²) in [5, 5.41) is 10.7. The molecule has 1 heterocycles. The van der Waals surface area contributed by atoms with Gasteiger partial charge in [-0.3, -0.25) is 4.98 Å². The van der Waals surface area contributed by atoms with E-state index in [1.807, 2.05) is 42.5 Å². The van der Waals surface area contributed by atoms with Gasteiger partial charge in [0.1, 0.15) is 5.60 Å². The SMILES string of the molecule is C#CCC(O)(c1ccccc1)c1ccccn1. The van der Waals surface area contributed by atoms with Gasteiger partial charge in [-0.2, -0.15) is 0 Å². The maximum absolute atomic E-state index is 10.7. The molecule has 1 aromatic heterocycles. The highest BCUT2D eigenvalue weighted by atomic mass is 16.3. The second-order valence-corrected chi connectivity index (χ2v) is 3.82. The van der Waals surface area contributed by atoms with Crippen LogP contribution in [0.4, 0.5) is 0 Å². The Kier molecular flexibility index (Phi) is 3.22. The molecule has 0 aliphatic heterocycles. The fourth-order valence-electron chi connectivity index (χ4n) is 1.81. The first-order chi connectivity index (χ1) is 8.27. The van der Waals surface area contributed by atoms with Gasteiger partial charge in [0.05, 0.1) is 5.69 Å². The van der Waals surface area contributed by atoms with Crippen molar-refractivity contribution in [2.75, 3.05) is 0 Å². The Morgan fingerprint density at radius 1 is 1.12 bits per heavy atom. The van der Waals surface area contributed by atoms with Crippen molar-refractivity contribution < 1.29 is 5.11 Å². The number of hydrogen-bond donors (Lipinski definition) is 1. The van der Waals surface area contributed by atoms with Gasteiger partial charge in [0.15, 0.2) is 0 Å². The van der Waals surface area contributed by atoms with Crippen LogP contribution in [0.15, 0.2) is 54.7 Å². The molecular formula is C15H13NO. The minimum Gasteiger partial charge on any atom is -0.378 e. The maximum Gasteiger partial charge on any atom is 0.142 e. The number of benzene rings is 1. The minimum absolute atomic E-state index is 0.202. The lowest BCUT2D eigenvalue weighted by Gasteiger charge is -2.26. The molecule has 1 aromatic carbocycles. The predicted molar refractivity (Wildman–Crippen MR) is 67.1 cm³/mol. The van der Waals surface area contributed by atoms with Crippen LogP contribution in [-0.2, 0) is 5.60 Å². The van der Waals surface area contributed by atoms with Crippen LogP contribution in [0.1, 0.15) is 17.7 Å². The van der Waals surface area contributed by atoms with E-state index in [1.54, 1.807) is 12.3 Å². The fraction of sp³-hybridized carbons (Fsp3) is 0.133. The van der Waals surface area contributed by atoms with E-state index in [4.69, 9.17) is 6.42 Å². The third-order valence-electron chi connectivity index (χ3n) is 2.70. The summed E-state index contributed by atoms with van der Waals surface area (Å²) in [5.74, 6) is 2.52. The molecule has 0 aliphatic rings. The van der Waals surface area contributed by atoms with Gasteiger partial charge in [-0.05, 0) is 17.7 Å². The van der Waals surface area contributed by atoms with Crippen molar-refractivity contribution in [2.24, 2.45) is 0 Å². The number of nitrogens with zero attached hydrogens (tertiary/aromatic N) is 1. The highest BCUT2D eigenvalue weighted by Crippen LogP contribution is 2.30. The van der Waals surface area contributed by atoms with Crippen molar-refractivity contribution in [3.8, 4) is 12.3 Å². The number of terminal acetylenes is 1. The largest absolute Gasteiger partial charge is 0.378 e. The van der Waals surface area contributed by atoms with Crippen molar-refractivity contribution in [1.29, 1.82) is 0 Å². The molecular weight excluding hydrogens is 210 g/mol. The van der Waals surface area contributed by atoms with Crippen molar-refractivity contribution in [3.63, 3.8) is 0 Å². The number of pyridine rings is 1. The van der Waals surface area contributed by atoms with E-state index in [0.717, 1.165) is 5.56 Å². The molecule has 1 atom stereocenters. The zero-order valence-electron chi connectivity index (χ0n) is 9.38. The third-order valence-corrected chi connectivity index (χ3v) is 2.70. The van der Waals surface area contributed by atoms with Gasteiger partial charge in [0.25, 0.3) is 0 Å². The summed E-state index contributed by atoms with van der Waals surface area (Å²) >= 11 is 0. The lowest BCUT2D eigenvalue weighted by molar-refractivity contribution is 0.0818. The third kappa shape index (κ3) is 2.20. The molecule has 2 heteroatoms. The molecule has 2 nitrogen and oxygen atoms in total. The molecule has 0 amide bonds. The molecule has 1 N–H and O–H groups in total. The molecule has 17 heavy (non-hydrogen) atoms. The second kappa shape index (κ2) is 4.82. The van der Waals surface area contributed by atoms with Gasteiger partial charge in [-0.1, -0.05) is 36.4 Å². The van der Waals surface area contributed by atoms with E-state index in [1.165, 1.54) is 0 Å². The van der Waals surface area contributed by atoms with Crippen LogP contribution < -0.4 is 0 Å². The fourth-order valence-corrected chi connectivity index (χ4v) is 1.81. The van der Waals surface area contributed by atoms with E-state index < -0.39 is 5.60 Å². The normalized spacial score (nSPS) is 13.6. The van der Waals surface area contributed by atoms with Crippen LogP contribution in [0.5, 0.6) is 0 Å². The molecule has 0 saturated carbocycles. The summed E-state index contributed by atoms with van der Waals surface area (Å²) < 4.78 is 0. The quantitative estimate of drug-likeness (QED) is 0.810. The van der Waals surface area contributed by atoms with Crippen LogP contribution in [0, 0.1) is 12.3 Å². The summed E-state index contributed by atoms with van der Waals surface area (Å²) in [6, 6.07) is 14.8. The molecule has 1 unspecified atom stereocenters. The standard InChI is InChI=1S/C15H13NO/c1-2-11-15(17,13-8-4-3-5-9-13)14-10-6-7-12-16-14/h1,3-10,12,17H,11H2. The summed E-state index contributed by atoms with van der Waals surface area (Å²) in [6.45, 7) is 0. The minimum atomic E-state index is -1.21. The first-order valence-electron chi connectivity index (χ1n) is 5.40. The summed E-state index contributed by atoms with van der Waals surface area (Å²) in [6.07, 6.45) is 7.21. The molecule has 0 radical (unpaired) electrons. The Labute approximate surface area is 101 Å². The zero-order valence-corrected chi connectivity index (χ0v) is 9.38.